The molecule has 1 unspecified atom stereocenters. The molecule has 0 spiro atoms. The van der Waals surface area contributed by atoms with E-state index in [0.717, 1.165) is 32.0 Å². The van der Waals surface area contributed by atoms with Crippen LogP contribution in [-0.2, 0) is 4.74 Å². The Morgan fingerprint density at radius 2 is 1.78 bits per heavy atom. The maximum Gasteiger partial charge on any atom is 0.407 e. The fourth-order valence-corrected chi connectivity index (χ4v) is 4.30. The first-order valence-corrected chi connectivity index (χ1v) is 9.73. The zero-order valence-corrected chi connectivity index (χ0v) is 18.5. The molecule has 1 aromatic rings. The van der Waals surface area contributed by atoms with Crippen LogP contribution in [0.2, 0.25) is 0 Å². The van der Waals surface area contributed by atoms with E-state index >= 15 is 0 Å². The summed E-state index contributed by atoms with van der Waals surface area (Å²) in [5, 5.41) is 2.82. The molecule has 0 aliphatic carbocycles. The van der Waals surface area contributed by atoms with E-state index in [4.69, 9.17) is 9.47 Å². The van der Waals surface area contributed by atoms with Crippen molar-refractivity contribution in [2.24, 2.45) is 0 Å². The van der Waals surface area contributed by atoms with E-state index < -0.39 is 5.60 Å². The molecule has 0 saturated carbocycles. The van der Waals surface area contributed by atoms with E-state index in [2.05, 4.69) is 53.1 Å². The Balaban J connectivity index is 2.34. The van der Waals surface area contributed by atoms with Crippen molar-refractivity contribution in [3.05, 3.63) is 25.6 Å². The van der Waals surface area contributed by atoms with Crippen LogP contribution in [0.4, 0.5) is 4.79 Å². The Bertz CT molecular complexity index is 521. The minimum Gasteiger partial charge on any atom is -0.491 e. The number of hydrogen-bond donors (Lipinski definition) is 1. The lowest BCUT2D eigenvalue weighted by Gasteiger charge is -2.22. The molecule has 0 saturated heterocycles. The van der Waals surface area contributed by atoms with Crippen molar-refractivity contribution in [1.82, 2.24) is 5.32 Å². The lowest BCUT2D eigenvalue weighted by molar-refractivity contribution is 0.0505. The molecule has 0 aromatic heterocycles. The summed E-state index contributed by atoms with van der Waals surface area (Å²) in [5.74, 6) is 0.779. The van der Waals surface area contributed by atoms with E-state index in [9.17, 15) is 4.79 Å². The summed E-state index contributed by atoms with van der Waals surface area (Å²) in [5.41, 5.74) is -0.479. The first kappa shape index (κ1) is 20.8. The molecule has 7 heteroatoms. The number of benzene rings is 1. The zero-order valence-electron chi connectivity index (χ0n) is 13.7. The predicted octanol–water partition coefficient (Wildman–Crippen LogP) is 6.05. The summed E-state index contributed by atoms with van der Waals surface area (Å²) in [6, 6.07) is 3.91. The van der Waals surface area contributed by atoms with Crippen LogP contribution in [0.3, 0.4) is 0 Å². The van der Waals surface area contributed by atoms with Crippen LogP contribution in [0.5, 0.6) is 5.75 Å². The lowest BCUT2D eigenvalue weighted by Crippen LogP contribution is -2.37. The van der Waals surface area contributed by atoms with E-state index in [1.54, 1.807) is 0 Å². The Kier molecular flexibility index (Phi) is 8.38. The van der Waals surface area contributed by atoms with Crippen molar-refractivity contribution < 1.29 is 14.3 Å². The summed E-state index contributed by atoms with van der Waals surface area (Å²) in [6.07, 6.45) is 1.25. The number of nitrogens with one attached hydrogen (secondary N) is 1. The van der Waals surface area contributed by atoms with E-state index in [1.807, 2.05) is 39.8 Å². The maximum atomic E-state index is 11.7. The van der Waals surface area contributed by atoms with Gasteiger partial charge < -0.3 is 14.8 Å². The van der Waals surface area contributed by atoms with Gasteiger partial charge in [0, 0.05) is 10.5 Å². The Morgan fingerprint density at radius 1 is 1.22 bits per heavy atom. The van der Waals surface area contributed by atoms with E-state index in [-0.39, 0.29) is 12.1 Å². The molecule has 0 radical (unpaired) electrons. The third-order valence-corrected chi connectivity index (χ3v) is 4.39. The second-order valence-electron chi connectivity index (χ2n) is 6.24. The molecule has 23 heavy (non-hydrogen) atoms. The van der Waals surface area contributed by atoms with Gasteiger partial charge in [-0.1, -0.05) is 15.9 Å². The zero-order chi connectivity index (χ0) is 17.6. The van der Waals surface area contributed by atoms with Gasteiger partial charge in [0.2, 0.25) is 0 Å². The monoisotopic (exact) mass is 513 g/mol. The van der Waals surface area contributed by atoms with Gasteiger partial charge in [0.25, 0.3) is 0 Å². The standard InChI is InChI=1S/C16H22Br3NO3/c1-10(20-15(21)23-16(2,3)4)6-5-7-22-14-12(18)8-11(17)9-13(14)19/h8-10H,5-7H2,1-4H3,(H,20,21). The maximum absolute atomic E-state index is 11.7. The van der Waals surface area contributed by atoms with Gasteiger partial charge in [-0.2, -0.15) is 0 Å². The Morgan fingerprint density at radius 3 is 2.30 bits per heavy atom. The summed E-state index contributed by atoms with van der Waals surface area (Å²) in [4.78, 5) is 11.7. The van der Waals surface area contributed by atoms with Gasteiger partial charge in [-0.3, -0.25) is 0 Å². The summed E-state index contributed by atoms with van der Waals surface area (Å²) in [7, 11) is 0. The van der Waals surface area contributed by atoms with Gasteiger partial charge in [-0.05, 0) is 84.5 Å². The van der Waals surface area contributed by atoms with Crippen LogP contribution in [0.15, 0.2) is 25.6 Å². The number of hydrogen-bond acceptors (Lipinski definition) is 3. The predicted molar refractivity (Wildman–Crippen MR) is 103 cm³/mol. The van der Waals surface area contributed by atoms with Gasteiger partial charge in [-0.25, -0.2) is 4.79 Å². The summed E-state index contributed by atoms with van der Waals surface area (Å²) >= 11 is 10.4. The van der Waals surface area contributed by atoms with Crippen molar-refractivity contribution in [2.45, 2.75) is 52.2 Å². The topological polar surface area (TPSA) is 47.6 Å². The number of rotatable bonds is 6. The molecule has 4 nitrogen and oxygen atoms in total. The van der Waals surface area contributed by atoms with Gasteiger partial charge in [0.1, 0.15) is 11.4 Å². The second kappa shape index (κ2) is 9.28. The number of alkyl carbamates (subject to hydrolysis) is 1. The van der Waals surface area contributed by atoms with Crippen LogP contribution in [0, 0.1) is 0 Å². The molecule has 130 valence electrons. The molecule has 0 bridgehead atoms. The van der Waals surface area contributed by atoms with Crippen molar-refractivity contribution >= 4 is 53.9 Å². The third-order valence-electron chi connectivity index (χ3n) is 2.75. The average molecular weight is 516 g/mol. The number of ether oxygens (including phenoxy) is 2. The van der Waals surface area contributed by atoms with Gasteiger partial charge in [0.15, 0.2) is 0 Å². The van der Waals surface area contributed by atoms with Gasteiger partial charge >= 0.3 is 6.09 Å². The average Bonchev–Trinajstić information content (AvgIpc) is 2.33. The molecule has 1 atom stereocenters. The minimum atomic E-state index is -0.479. The highest BCUT2D eigenvalue weighted by Gasteiger charge is 2.17. The van der Waals surface area contributed by atoms with Crippen LogP contribution in [0.1, 0.15) is 40.5 Å². The SMILES string of the molecule is CC(CCCOc1c(Br)cc(Br)cc1Br)NC(=O)OC(C)(C)C. The number of carbonyl (C=O) groups excluding carboxylic acids is 1. The third kappa shape index (κ3) is 8.40. The Labute approximate surface area is 163 Å². The van der Waals surface area contributed by atoms with Crippen LogP contribution >= 0.6 is 47.8 Å². The molecule has 1 rings (SSSR count). The second-order valence-corrected chi connectivity index (χ2v) is 8.86. The molecule has 1 amide bonds. The highest BCUT2D eigenvalue weighted by atomic mass is 79.9. The molecule has 0 aliphatic heterocycles. The number of amides is 1. The lowest BCUT2D eigenvalue weighted by atomic mass is 10.2. The fraction of sp³-hybridized carbons (Fsp3) is 0.562. The largest absolute Gasteiger partial charge is 0.491 e. The molecule has 0 heterocycles. The first-order chi connectivity index (χ1) is 10.6. The normalized spacial score (nSPS) is 12.7. The fourth-order valence-electron chi connectivity index (χ4n) is 1.81. The molecule has 0 fully saturated rings. The van der Waals surface area contributed by atoms with Gasteiger partial charge in [-0.15, -0.1) is 0 Å². The summed E-state index contributed by atoms with van der Waals surface area (Å²) in [6.45, 7) is 8.06. The minimum absolute atomic E-state index is 0.0326. The summed E-state index contributed by atoms with van der Waals surface area (Å²) < 4.78 is 13.8. The van der Waals surface area contributed by atoms with Crippen LogP contribution in [-0.4, -0.2) is 24.3 Å². The van der Waals surface area contributed by atoms with Crippen LogP contribution < -0.4 is 10.1 Å². The molecular formula is C16H22Br3NO3. The molecular weight excluding hydrogens is 494 g/mol. The van der Waals surface area contributed by atoms with Crippen molar-refractivity contribution in [1.29, 1.82) is 0 Å². The highest BCUT2D eigenvalue weighted by Crippen LogP contribution is 2.36. The highest BCUT2D eigenvalue weighted by molar-refractivity contribution is 9.11. The van der Waals surface area contributed by atoms with E-state index in [1.165, 1.54) is 0 Å². The van der Waals surface area contributed by atoms with Crippen molar-refractivity contribution in [3.63, 3.8) is 0 Å². The smallest absolute Gasteiger partial charge is 0.407 e. The Hall–Kier alpha value is -0.270. The van der Waals surface area contributed by atoms with Crippen molar-refractivity contribution in [2.75, 3.05) is 6.61 Å². The van der Waals surface area contributed by atoms with Crippen molar-refractivity contribution in [3.8, 4) is 5.75 Å². The molecule has 1 aromatic carbocycles. The van der Waals surface area contributed by atoms with Crippen LogP contribution in [0.25, 0.3) is 0 Å². The molecule has 0 aliphatic rings. The quantitative estimate of drug-likeness (QED) is 0.469. The van der Waals surface area contributed by atoms with E-state index in [0.29, 0.717) is 6.61 Å². The van der Waals surface area contributed by atoms with Gasteiger partial charge in [0.05, 0.1) is 15.6 Å². The molecule has 1 N–H and O–H groups in total. The number of halogens is 3. The number of carbonyl (C=O) groups is 1. The first-order valence-electron chi connectivity index (χ1n) is 7.35.